The number of amides is 4. The summed E-state index contributed by atoms with van der Waals surface area (Å²) in [6.07, 6.45) is 4.16. The zero-order chi connectivity index (χ0) is 33.9. The van der Waals surface area contributed by atoms with Gasteiger partial charge in [0.05, 0.1) is 44.4 Å². The van der Waals surface area contributed by atoms with Gasteiger partial charge in [0.25, 0.3) is 11.8 Å². The maximum absolute atomic E-state index is 13.5. The van der Waals surface area contributed by atoms with E-state index in [2.05, 4.69) is 25.9 Å². The van der Waals surface area contributed by atoms with E-state index in [9.17, 15) is 27.6 Å². The van der Waals surface area contributed by atoms with Gasteiger partial charge in [-0.25, -0.2) is 23.3 Å². The molecule has 0 bridgehead atoms. The molecule has 16 nitrogen and oxygen atoms in total. The number of nitrogens with two attached hydrogens (primary N) is 1. The minimum Gasteiger partial charge on any atom is -0.444 e. The van der Waals surface area contributed by atoms with Gasteiger partial charge in [0.1, 0.15) is 26.6 Å². The summed E-state index contributed by atoms with van der Waals surface area (Å²) in [6.45, 7) is 6.53. The quantitative estimate of drug-likeness (QED) is 0.148. The van der Waals surface area contributed by atoms with Gasteiger partial charge in [-0.2, -0.15) is 0 Å². The Kier molecular flexibility index (Phi) is 13.7. The van der Waals surface area contributed by atoms with Crippen LogP contribution in [0.3, 0.4) is 0 Å². The fourth-order valence-corrected chi connectivity index (χ4v) is 6.41. The van der Waals surface area contributed by atoms with Crippen molar-refractivity contribution in [2.45, 2.75) is 54.1 Å². The molecular weight excluding hydrogens is 663 g/mol. The Morgan fingerprint density at radius 2 is 1.76 bits per heavy atom. The summed E-state index contributed by atoms with van der Waals surface area (Å²) in [5.74, 6) is -1.74. The fourth-order valence-electron chi connectivity index (χ4n) is 4.28. The SMILES string of the molecule is CSc1cncc(C(=O)N[C@@H]2C[C@@H](C(=O)NCCOCCOCCNC(=O)OC(C)(C)C)N(C(=O)c3ccsc3S(N)(=O)=O)C2)n1. The zero-order valence-electron chi connectivity index (χ0n) is 25.9. The second-order valence-electron chi connectivity index (χ2n) is 10.9. The molecule has 0 unspecified atom stereocenters. The van der Waals surface area contributed by atoms with Crippen LogP contribution in [0.1, 0.15) is 48.0 Å². The Hall–Kier alpha value is -3.36. The predicted octanol–water partition coefficient (Wildman–Crippen LogP) is 0.595. The normalized spacial score (nSPS) is 16.6. The number of carbonyl (C=O) groups excluding carboxylic acids is 4. The lowest BCUT2D eigenvalue weighted by Crippen LogP contribution is -2.47. The number of hydrogen-bond donors (Lipinski definition) is 4. The van der Waals surface area contributed by atoms with E-state index < -0.39 is 51.5 Å². The van der Waals surface area contributed by atoms with Gasteiger partial charge in [0, 0.05) is 25.7 Å². The molecule has 1 fully saturated rings. The van der Waals surface area contributed by atoms with E-state index in [4.69, 9.17) is 19.3 Å². The molecule has 3 heterocycles. The second kappa shape index (κ2) is 17.0. The van der Waals surface area contributed by atoms with Crippen LogP contribution in [0, 0.1) is 0 Å². The third-order valence-corrected chi connectivity index (χ3v) is 9.25. The number of hydrogen-bond acceptors (Lipinski definition) is 13. The first kappa shape index (κ1) is 37.1. The highest BCUT2D eigenvalue weighted by atomic mass is 32.2. The molecule has 0 radical (unpaired) electrons. The molecule has 5 N–H and O–H groups in total. The van der Waals surface area contributed by atoms with Gasteiger partial charge < -0.3 is 35.1 Å². The van der Waals surface area contributed by atoms with Gasteiger partial charge in [0.15, 0.2) is 0 Å². The average Bonchev–Trinajstić information content (AvgIpc) is 3.65. The van der Waals surface area contributed by atoms with Crippen molar-refractivity contribution >= 4 is 56.9 Å². The van der Waals surface area contributed by atoms with Crippen molar-refractivity contribution in [3.63, 3.8) is 0 Å². The molecule has 0 aromatic carbocycles. The van der Waals surface area contributed by atoms with E-state index in [1.54, 1.807) is 27.0 Å². The number of primary sulfonamides is 1. The standard InChI is InChI=1S/C27H39N7O9S3/c1-27(2,3)43-26(38)31-7-9-42-11-10-41-8-6-30-23(36)20-13-17(32-22(35)19-14-29-15-21(33-19)44-4)16-34(20)24(37)18-5-12-45-25(18)46(28,39)40/h5,12,14-15,17,20H,6-11,13,16H2,1-4H3,(H,30,36)(H,31,38)(H,32,35)(H2,28,39,40)/t17-,20+/m1/s1. The van der Waals surface area contributed by atoms with Crippen molar-refractivity contribution < 1.29 is 41.8 Å². The topological polar surface area (TPSA) is 221 Å². The van der Waals surface area contributed by atoms with E-state index >= 15 is 0 Å². The van der Waals surface area contributed by atoms with E-state index in [-0.39, 0.29) is 67.9 Å². The molecule has 4 amide bonds. The molecule has 1 saturated heterocycles. The summed E-state index contributed by atoms with van der Waals surface area (Å²) >= 11 is 2.12. The summed E-state index contributed by atoms with van der Waals surface area (Å²) < 4.78 is 39.8. The first-order valence-electron chi connectivity index (χ1n) is 14.2. The van der Waals surface area contributed by atoms with Crippen LogP contribution in [0.4, 0.5) is 4.79 Å². The summed E-state index contributed by atoms with van der Waals surface area (Å²) in [5.41, 5.74) is -0.664. The summed E-state index contributed by atoms with van der Waals surface area (Å²) in [7, 11) is -4.19. The maximum Gasteiger partial charge on any atom is 0.407 e. The molecule has 2 atom stereocenters. The molecule has 1 aliphatic rings. The van der Waals surface area contributed by atoms with Gasteiger partial charge in [-0.05, 0) is 44.9 Å². The summed E-state index contributed by atoms with van der Waals surface area (Å²) in [5, 5.41) is 15.4. The van der Waals surface area contributed by atoms with Crippen LogP contribution in [0.25, 0.3) is 0 Å². The van der Waals surface area contributed by atoms with Gasteiger partial charge in [-0.1, -0.05) is 0 Å². The van der Waals surface area contributed by atoms with Crippen molar-refractivity contribution in [2.75, 3.05) is 52.3 Å². The van der Waals surface area contributed by atoms with Crippen LogP contribution in [-0.2, 0) is 29.0 Å². The van der Waals surface area contributed by atoms with Crippen molar-refractivity contribution in [1.82, 2.24) is 30.8 Å². The van der Waals surface area contributed by atoms with Crippen LogP contribution in [-0.4, -0.2) is 117 Å². The van der Waals surface area contributed by atoms with Gasteiger partial charge in [0.2, 0.25) is 15.9 Å². The van der Waals surface area contributed by atoms with Crippen LogP contribution in [0.5, 0.6) is 0 Å². The number of nitrogens with zero attached hydrogens (tertiary/aromatic N) is 3. The van der Waals surface area contributed by atoms with Crippen LogP contribution in [0.15, 0.2) is 33.1 Å². The second-order valence-corrected chi connectivity index (χ2v) is 14.4. The molecule has 1 aliphatic heterocycles. The molecule has 0 spiro atoms. The third-order valence-electron chi connectivity index (χ3n) is 6.20. The number of carbonyl (C=O) groups is 4. The van der Waals surface area contributed by atoms with E-state index in [0.29, 0.717) is 5.03 Å². The van der Waals surface area contributed by atoms with Gasteiger partial charge >= 0.3 is 6.09 Å². The molecule has 0 saturated carbocycles. The Bertz CT molecular complexity index is 1480. The minimum absolute atomic E-state index is 0.0607. The number of thiophene rings is 1. The van der Waals surface area contributed by atoms with Crippen molar-refractivity contribution in [2.24, 2.45) is 5.14 Å². The lowest BCUT2D eigenvalue weighted by Gasteiger charge is -2.24. The maximum atomic E-state index is 13.5. The lowest BCUT2D eigenvalue weighted by molar-refractivity contribution is -0.125. The molecule has 46 heavy (non-hydrogen) atoms. The molecule has 2 aromatic rings. The van der Waals surface area contributed by atoms with E-state index in [1.165, 1.54) is 40.5 Å². The number of likely N-dealkylation sites (tertiary alicyclic amines) is 1. The number of nitrogens with one attached hydrogen (secondary N) is 3. The molecule has 254 valence electrons. The van der Waals surface area contributed by atoms with Crippen LogP contribution < -0.4 is 21.1 Å². The smallest absolute Gasteiger partial charge is 0.407 e. The van der Waals surface area contributed by atoms with Crippen molar-refractivity contribution in [1.29, 1.82) is 0 Å². The summed E-state index contributed by atoms with van der Waals surface area (Å²) in [6, 6.07) is -0.321. The van der Waals surface area contributed by atoms with Crippen molar-refractivity contribution in [3.05, 3.63) is 35.1 Å². The molecule has 0 aliphatic carbocycles. The first-order valence-corrected chi connectivity index (χ1v) is 17.8. The predicted molar refractivity (Wildman–Crippen MR) is 169 cm³/mol. The third kappa shape index (κ3) is 11.5. The number of rotatable bonds is 15. The molecule has 3 rings (SSSR count). The summed E-state index contributed by atoms with van der Waals surface area (Å²) in [4.78, 5) is 60.7. The average molecular weight is 702 g/mol. The Morgan fingerprint density at radius 3 is 2.39 bits per heavy atom. The highest BCUT2D eigenvalue weighted by molar-refractivity contribution is 7.98. The Morgan fingerprint density at radius 1 is 1.09 bits per heavy atom. The lowest BCUT2D eigenvalue weighted by atomic mass is 10.1. The largest absolute Gasteiger partial charge is 0.444 e. The Labute approximate surface area is 275 Å². The monoisotopic (exact) mass is 701 g/mol. The number of aromatic nitrogens is 2. The number of thioether (sulfide) groups is 1. The zero-order valence-corrected chi connectivity index (χ0v) is 28.4. The van der Waals surface area contributed by atoms with E-state index in [1.807, 2.05) is 0 Å². The number of sulfonamides is 1. The van der Waals surface area contributed by atoms with Gasteiger partial charge in [-0.3, -0.25) is 19.4 Å². The molecule has 19 heteroatoms. The molecule has 2 aromatic heterocycles. The highest BCUT2D eigenvalue weighted by Crippen LogP contribution is 2.27. The van der Waals surface area contributed by atoms with Gasteiger partial charge in [-0.15, -0.1) is 23.1 Å². The number of ether oxygens (including phenoxy) is 3. The minimum atomic E-state index is -4.19. The van der Waals surface area contributed by atoms with Crippen molar-refractivity contribution in [3.8, 4) is 0 Å². The highest BCUT2D eigenvalue weighted by Gasteiger charge is 2.42. The Balaban J connectivity index is 1.52. The van der Waals surface area contributed by atoms with Crippen LogP contribution in [0.2, 0.25) is 0 Å². The first-order chi connectivity index (χ1) is 21.7. The van der Waals surface area contributed by atoms with E-state index in [0.717, 1.165) is 11.3 Å². The number of alkyl carbamates (subject to hydrolysis) is 1. The van der Waals surface area contributed by atoms with Crippen LogP contribution >= 0.6 is 23.1 Å². The fraction of sp³-hybridized carbons (Fsp3) is 0.556. The molecular formula is C27H39N7O9S3.